The molecule has 0 radical (unpaired) electrons. The average Bonchev–Trinajstić information content (AvgIpc) is 3.05. The molecule has 3 heteroatoms. The van der Waals surface area contributed by atoms with E-state index in [1.807, 2.05) is 0 Å². The van der Waals surface area contributed by atoms with E-state index in [0.29, 0.717) is 0 Å². The van der Waals surface area contributed by atoms with Gasteiger partial charge in [0.05, 0.1) is 12.2 Å². The molecule has 3 nitrogen and oxygen atoms in total. The molecule has 2 atom stereocenters. The van der Waals surface area contributed by atoms with Crippen LogP contribution < -0.4 is 5.73 Å². The summed E-state index contributed by atoms with van der Waals surface area (Å²) in [6.45, 7) is 9.23. The van der Waals surface area contributed by atoms with Crippen molar-refractivity contribution in [1.29, 1.82) is 0 Å². The van der Waals surface area contributed by atoms with E-state index < -0.39 is 0 Å². The molecule has 0 aliphatic rings. The van der Waals surface area contributed by atoms with Crippen LogP contribution in [0, 0.1) is 0 Å². The molecule has 0 fully saturated rings. The normalized spacial score (nSPS) is 13.4. The fourth-order valence-electron chi connectivity index (χ4n) is 6.08. The van der Waals surface area contributed by atoms with Gasteiger partial charge in [0.2, 0.25) is 0 Å². The van der Waals surface area contributed by atoms with Gasteiger partial charge in [-0.25, -0.2) is 0 Å². The third kappa shape index (κ3) is 36.0. The fourth-order valence-corrected chi connectivity index (χ4v) is 6.08. The predicted molar refractivity (Wildman–Crippen MR) is 202 cm³/mol. The van der Waals surface area contributed by atoms with Crippen molar-refractivity contribution in [2.75, 3.05) is 19.8 Å². The number of hydrogen-bond acceptors (Lipinski definition) is 3. The molecule has 0 aromatic heterocycles. The zero-order chi connectivity index (χ0) is 32.7. The molecule has 0 saturated carbocycles. The summed E-state index contributed by atoms with van der Waals surface area (Å²) in [7, 11) is 0. The molecule has 0 aromatic rings. The SMILES string of the molecule is CCCCCCCC/C=C\CCCCCCCCOC(C)C(CCCN)OCCCCCCCC/C=C\CCCCCCCC. The van der Waals surface area contributed by atoms with Gasteiger partial charge in [0.25, 0.3) is 0 Å². The molecule has 45 heavy (non-hydrogen) atoms. The maximum absolute atomic E-state index is 6.31. The molecule has 0 amide bonds. The molecular formula is C42H83NO2. The van der Waals surface area contributed by atoms with Crippen LogP contribution in [0.25, 0.3) is 0 Å². The summed E-state index contributed by atoms with van der Waals surface area (Å²) in [5, 5.41) is 0. The number of nitrogens with two attached hydrogens (primary N) is 1. The zero-order valence-corrected chi connectivity index (χ0v) is 31.2. The summed E-state index contributed by atoms with van der Waals surface area (Å²) >= 11 is 0. The van der Waals surface area contributed by atoms with Gasteiger partial charge in [-0.05, 0) is 90.5 Å². The molecule has 2 N–H and O–H groups in total. The van der Waals surface area contributed by atoms with Crippen LogP contribution in [0.2, 0.25) is 0 Å². The highest BCUT2D eigenvalue weighted by Crippen LogP contribution is 2.15. The van der Waals surface area contributed by atoms with E-state index in [1.54, 1.807) is 0 Å². The third-order valence-electron chi connectivity index (χ3n) is 9.24. The summed E-state index contributed by atoms with van der Waals surface area (Å²) in [5.41, 5.74) is 5.81. The van der Waals surface area contributed by atoms with Crippen LogP contribution in [-0.2, 0) is 9.47 Å². The molecule has 0 rings (SSSR count). The fraction of sp³-hybridized carbons (Fsp3) is 0.905. The minimum Gasteiger partial charge on any atom is -0.376 e. The summed E-state index contributed by atoms with van der Waals surface area (Å²) in [4.78, 5) is 0. The highest BCUT2D eigenvalue weighted by atomic mass is 16.5. The highest BCUT2D eigenvalue weighted by Gasteiger charge is 2.18. The van der Waals surface area contributed by atoms with Crippen LogP contribution in [-0.4, -0.2) is 32.0 Å². The van der Waals surface area contributed by atoms with Crippen molar-refractivity contribution in [1.82, 2.24) is 0 Å². The standard InChI is InChI=1S/C42H83NO2/c1-4-6-8-10-12-14-16-18-20-22-24-26-28-30-32-34-39-44-41(3)42(37-36-38-43)45-40-35-33-31-29-27-25-23-21-19-17-15-13-11-9-7-5-2/h18-21,41-42H,4-17,22-40,43H2,1-3H3/b20-18-,21-19-. The summed E-state index contributed by atoms with van der Waals surface area (Å²) in [6, 6.07) is 0. The van der Waals surface area contributed by atoms with E-state index >= 15 is 0 Å². The van der Waals surface area contributed by atoms with Gasteiger partial charge in [0, 0.05) is 13.2 Å². The van der Waals surface area contributed by atoms with Gasteiger partial charge in [-0.3, -0.25) is 0 Å². The van der Waals surface area contributed by atoms with E-state index in [0.717, 1.165) is 32.6 Å². The highest BCUT2D eigenvalue weighted by molar-refractivity contribution is 4.82. The topological polar surface area (TPSA) is 44.5 Å². The van der Waals surface area contributed by atoms with Crippen molar-refractivity contribution < 1.29 is 9.47 Å². The molecule has 0 heterocycles. The Morgan fingerprint density at radius 3 is 1.13 bits per heavy atom. The Morgan fingerprint density at radius 2 is 0.756 bits per heavy atom. The lowest BCUT2D eigenvalue weighted by Gasteiger charge is -2.25. The number of rotatable bonds is 38. The summed E-state index contributed by atoms with van der Waals surface area (Å²) in [6.07, 6.45) is 49.6. The van der Waals surface area contributed by atoms with Crippen LogP contribution in [0.15, 0.2) is 24.3 Å². The Morgan fingerprint density at radius 1 is 0.422 bits per heavy atom. The number of ether oxygens (including phenoxy) is 2. The maximum atomic E-state index is 6.31. The van der Waals surface area contributed by atoms with Crippen molar-refractivity contribution in [3.05, 3.63) is 24.3 Å². The van der Waals surface area contributed by atoms with Crippen LogP contribution >= 0.6 is 0 Å². The van der Waals surface area contributed by atoms with Crippen molar-refractivity contribution in [2.24, 2.45) is 5.73 Å². The van der Waals surface area contributed by atoms with Gasteiger partial charge >= 0.3 is 0 Å². The molecule has 0 aromatic carbocycles. The molecule has 0 saturated heterocycles. The van der Waals surface area contributed by atoms with Crippen LogP contribution in [0.4, 0.5) is 0 Å². The quantitative estimate of drug-likeness (QED) is 0.0543. The van der Waals surface area contributed by atoms with Gasteiger partial charge in [-0.1, -0.05) is 154 Å². The minimum absolute atomic E-state index is 0.161. The summed E-state index contributed by atoms with van der Waals surface area (Å²) < 4.78 is 12.5. The van der Waals surface area contributed by atoms with Crippen molar-refractivity contribution in [2.45, 2.75) is 226 Å². The Balaban J connectivity index is 3.64. The first-order valence-electron chi connectivity index (χ1n) is 20.5. The van der Waals surface area contributed by atoms with Gasteiger partial charge in [0.15, 0.2) is 0 Å². The third-order valence-corrected chi connectivity index (χ3v) is 9.24. The maximum Gasteiger partial charge on any atom is 0.0834 e. The monoisotopic (exact) mass is 634 g/mol. The second-order valence-electron chi connectivity index (χ2n) is 13.8. The van der Waals surface area contributed by atoms with E-state index in [1.165, 1.54) is 180 Å². The average molecular weight is 634 g/mol. The van der Waals surface area contributed by atoms with Gasteiger partial charge in [-0.15, -0.1) is 0 Å². The molecule has 2 unspecified atom stereocenters. The Kier molecular flexibility index (Phi) is 39.0. The second kappa shape index (κ2) is 39.5. The lowest BCUT2D eigenvalue weighted by atomic mass is 10.1. The zero-order valence-electron chi connectivity index (χ0n) is 31.2. The lowest BCUT2D eigenvalue weighted by Crippen LogP contribution is -2.30. The van der Waals surface area contributed by atoms with E-state index in [9.17, 15) is 0 Å². The number of unbranched alkanes of at least 4 members (excludes halogenated alkanes) is 24. The van der Waals surface area contributed by atoms with Crippen molar-refractivity contribution in [3.8, 4) is 0 Å². The first-order valence-corrected chi connectivity index (χ1v) is 20.5. The number of allylic oxidation sites excluding steroid dienone is 4. The first kappa shape index (κ1) is 44.4. The Labute approximate surface area is 284 Å². The van der Waals surface area contributed by atoms with Gasteiger partial charge < -0.3 is 15.2 Å². The van der Waals surface area contributed by atoms with E-state index in [4.69, 9.17) is 15.2 Å². The van der Waals surface area contributed by atoms with E-state index in [-0.39, 0.29) is 12.2 Å². The van der Waals surface area contributed by atoms with Crippen molar-refractivity contribution in [3.63, 3.8) is 0 Å². The van der Waals surface area contributed by atoms with Crippen LogP contribution in [0.3, 0.4) is 0 Å². The molecule has 0 aliphatic carbocycles. The van der Waals surface area contributed by atoms with E-state index in [2.05, 4.69) is 45.1 Å². The molecular weight excluding hydrogens is 550 g/mol. The summed E-state index contributed by atoms with van der Waals surface area (Å²) in [5.74, 6) is 0. The lowest BCUT2D eigenvalue weighted by molar-refractivity contribution is -0.0701. The minimum atomic E-state index is 0.161. The molecule has 0 bridgehead atoms. The molecule has 268 valence electrons. The van der Waals surface area contributed by atoms with Crippen molar-refractivity contribution >= 4 is 0 Å². The molecule has 0 aliphatic heterocycles. The molecule has 0 spiro atoms. The number of hydrogen-bond donors (Lipinski definition) is 1. The Bertz CT molecular complexity index is 589. The Hall–Kier alpha value is -0.640. The predicted octanol–water partition coefficient (Wildman–Crippen LogP) is 13.6. The van der Waals surface area contributed by atoms with Crippen LogP contribution in [0.5, 0.6) is 0 Å². The van der Waals surface area contributed by atoms with Crippen LogP contribution in [0.1, 0.15) is 213 Å². The smallest absolute Gasteiger partial charge is 0.0834 e. The van der Waals surface area contributed by atoms with Gasteiger partial charge in [-0.2, -0.15) is 0 Å². The largest absolute Gasteiger partial charge is 0.376 e. The van der Waals surface area contributed by atoms with Gasteiger partial charge in [0.1, 0.15) is 0 Å². The second-order valence-corrected chi connectivity index (χ2v) is 13.8. The first-order chi connectivity index (χ1) is 22.3.